The fourth-order valence-corrected chi connectivity index (χ4v) is 2.13. The summed E-state index contributed by atoms with van der Waals surface area (Å²) < 4.78 is 0. The van der Waals surface area contributed by atoms with Crippen molar-refractivity contribution in [2.75, 3.05) is 5.33 Å². The molecule has 0 spiro atoms. The highest BCUT2D eigenvalue weighted by Crippen LogP contribution is 2.21. The Labute approximate surface area is 98.5 Å². The lowest BCUT2D eigenvalue weighted by atomic mass is 10.1. The maximum absolute atomic E-state index is 10.4. The quantitative estimate of drug-likeness (QED) is 0.727. The first-order valence-corrected chi connectivity index (χ1v) is 6.15. The second-order valence-electron chi connectivity index (χ2n) is 2.85. The highest BCUT2D eigenvalue weighted by molar-refractivity contribution is 9.09. The number of halogens is 1. The van der Waals surface area contributed by atoms with Crippen LogP contribution in [0.25, 0.3) is 0 Å². The van der Waals surface area contributed by atoms with Gasteiger partial charge in [-0.1, -0.05) is 15.9 Å². The number of aliphatic hydroxyl groups excluding tert-OH is 2. The molecule has 1 aromatic heterocycles. The van der Waals surface area contributed by atoms with Crippen molar-refractivity contribution in [3.63, 3.8) is 0 Å². The maximum atomic E-state index is 10.4. The number of carbonyl (C=O) groups is 1. The number of rotatable bonds is 5. The Hall–Kier alpha value is -0.500. The van der Waals surface area contributed by atoms with Crippen LogP contribution in [0.3, 0.4) is 0 Å². The topological polar surface area (TPSA) is 93.5 Å². The molecule has 0 amide bonds. The van der Waals surface area contributed by atoms with Crippen molar-refractivity contribution in [1.82, 2.24) is 4.98 Å². The third-order valence-corrected chi connectivity index (χ3v) is 3.07. The van der Waals surface area contributed by atoms with Gasteiger partial charge in [0.1, 0.15) is 17.1 Å². The van der Waals surface area contributed by atoms with Gasteiger partial charge < -0.3 is 20.1 Å². The SMILES string of the molecule is O=C([O-])c1nc(C(O)C(O)CCBr)cs1. The van der Waals surface area contributed by atoms with Crippen molar-refractivity contribution in [2.45, 2.75) is 18.6 Å². The van der Waals surface area contributed by atoms with Gasteiger partial charge >= 0.3 is 0 Å². The Kier molecular flexibility index (Phi) is 4.65. The maximum Gasteiger partial charge on any atom is 0.139 e. The van der Waals surface area contributed by atoms with E-state index in [9.17, 15) is 20.1 Å². The van der Waals surface area contributed by atoms with Gasteiger partial charge in [0.15, 0.2) is 0 Å². The third-order valence-electron chi connectivity index (χ3n) is 1.77. The number of aromatic carboxylic acids is 1. The Balaban J connectivity index is 2.73. The van der Waals surface area contributed by atoms with E-state index >= 15 is 0 Å². The van der Waals surface area contributed by atoms with Crippen LogP contribution in [0.4, 0.5) is 0 Å². The first kappa shape index (κ1) is 12.6. The number of hydrogen-bond donors (Lipinski definition) is 2. The van der Waals surface area contributed by atoms with Gasteiger partial charge in [0.05, 0.1) is 11.8 Å². The van der Waals surface area contributed by atoms with E-state index in [0.717, 1.165) is 11.3 Å². The molecule has 0 saturated carbocycles. The molecule has 1 heterocycles. The standard InChI is InChI=1S/C8H10BrNO4S/c9-2-1-5(11)6(12)4-3-15-7(10-4)8(13)14/h3,5-6,11-12H,1-2H2,(H,13,14)/p-1. The first-order valence-electron chi connectivity index (χ1n) is 4.15. The number of alkyl halides is 1. The Morgan fingerprint density at radius 2 is 2.33 bits per heavy atom. The first-order chi connectivity index (χ1) is 7.06. The number of carboxylic acid groups (broad SMARTS) is 1. The molecule has 5 nitrogen and oxygen atoms in total. The third kappa shape index (κ3) is 3.23. The smallest absolute Gasteiger partial charge is 0.139 e. The van der Waals surface area contributed by atoms with Crippen LogP contribution in [-0.4, -0.2) is 32.6 Å². The van der Waals surface area contributed by atoms with E-state index in [-0.39, 0.29) is 10.7 Å². The van der Waals surface area contributed by atoms with Crippen molar-refractivity contribution in [3.05, 3.63) is 16.1 Å². The molecule has 2 unspecified atom stereocenters. The molecule has 2 N–H and O–H groups in total. The second kappa shape index (κ2) is 5.55. The van der Waals surface area contributed by atoms with Crippen molar-refractivity contribution in [2.24, 2.45) is 0 Å². The van der Waals surface area contributed by atoms with E-state index in [1.165, 1.54) is 5.38 Å². The van der Waals surface area contributed by atoms with Crippen molar-refractivity contribution >= 4 is 33.2 Å². The molecule has 0 fully saturated rings. The molecule has 1 aromatic rings. The zero-order valence-electron chi connectivity index (χ0n) is 7.59. The summed E-state index contributed by atoms with van der Waals surface area (Å²) in [6.07, 6.45) is -1.76. The summed E-state index contributed by atoms with van der Waals surface area (Å²) in [7, 11) is 0. The van der Waals surface area contributed by atoms with Gasteiger partial charge in [0.25, 0.3) is 0 Å². The fourth-order valence-electron chi connectivity index (χ4n) is 0.983. The molecule has 0 aliphatic carbocycles. The summed E-state index contributed by atoms with van der Waals surface area (Å²) >= 11 is 3.99. The largest absolute Gasteiger partial charge is 0.542 e. The molecule has 0 radical (unpaired) electrons. The van der Waals surface area contributed by atoms with Crippen LogP contribution in [0.15, 0.2) is 5.38 Å². The second-order valence-corrected chi connectivity index (χ2v) is 4.51. The fraction of sp³-hybridized carbons (Fsp3) is 0.500. The Bertz CT molecular complexity index is 343. The molecule has 0 bridgehead atoms. The van der Waals surface area contributed by atoms with Crippen molar-refractivity contribution < 1.29 is 20.1 Å². The monoisotopic (exact) mass is 294 g/mol. The van der Waals surface area contributed by atoms with Gasteiger partial charge in [0, 0.05) is 10.7 Å². The predicted octanol–water partition coefficient (Wildman–Crippen LogP) is -0.314. The lowest BCUT2D eigenvalue weighted by Crippen LogP contribution is -2.23. The number of aromatic nitrogens is 1. The molecule has 84 valence electrons. The highest BCUT2D eigenvalue weighted by Gasteiger charge is 2.20. The molecular weight excluding hydrogens is 286 g/mol. The van der Waals surface area contributed by atoms with E-state index in [1.54, 1.807) is 0 Å². The van der Waals surface area contributed by atoms with Crippen molar-refractivity contribution in [3.8, 4) is 0 Å². The molecule has 0 saturated heterocycles. The molecule has 7 heteroatoms. The van der Waals surface area contributed by atoms with Crippen molar-refractivity contribution in [1.29, 1.82) is 0 Å². The zero-order valence-corrected chi connectivity index (χ0v) is 9.99. The summed E-state index contributed by atoms with van der Waals surface area (Å²) in [4.78, 5) is 14.1. The van der Waals surface area contributed by atoms with E-state index in [2.05, 4.69) is 20.9 Å². The van der Waals surface area contributed by atoms with Crippen LogP contribution >= 0.6 is 27.3 Å². The molecule has 1 rings (SSSR count). The molecule has 2 atom stereocenters. The average molecular weight is 295 g/mol. The van der Waals surface area contributed by atoms with Gasteiger partial charge in [-0.3, -0.25) is 0 Å². The van der Waals surface area contributed by atoms with Crippen LogP contribution < -0.4 is 5.11 Å². The zero-order chi connectivity index (χ0) is 11.4. The number of hydrogen-bond acceptors (Lipinski definition) is 6. The molecular formula is C8H9BrNO4S-. The van der Waals surface area contributed by atoms with E-state index in [4.69, 9.17) is 0 Å². The Morgan fingerprint density at radius 1 is 1.67 bits per heavy atom. The highest BCUT2D eigenvalue weighted by atomic mass is 79.9. The lowest BCUT2D eigenvalue weighted by molar-refractivity contribution is -0.255. The summed E-state index contributed by atoms with van der Waals surface area (Å²) in [5.74, 6) is -1.38. The van der Waals surface area contributed by atoms with Crippen LogP contribution in [0.2, 0.25) is 0 Å². The summed E-state index contributed by atoms with van der Waals surface area (Å²) in [6.45, 7) is 0. The minimum Gasteiger partial charge on any atom is -0.542 e. The Morgan fingerprint density at radius 3 is 2.80 bits per heavy atom. The normalized spacial score (nSPS) is 14.9. The van der Waals surface area contributed by atoms with E-state index in [0.29, 0.717) is 11.8 Å². The summed E-state index contributed by atoms with van der Waals surface area (Å²) in [5.41, 5.74) is 0.160. The molecule has 0 aromatic carbocycles. The van der Waals surface area contributed by atoms with Gasteiger partial charge in [-0.15, -0.1) is 11.3 Å². The van der Waals surface area contributed by atoms with Gasteiger partial charge in [-0.2, -0.15) is 0 Å². The number of thiazole rings is 1. The predicted molar refractivity (Wildman–Crippen MR) is 55.8 cm³/mol. The van der Waals surface area contributed by atoms with Gasteiger partial charge in [-0.05, 0) is 6.42 Å². The van der Waals surface area contributed by atoms with Gasteiger partial charge in [-0.25, -0.2) is 4.98 Å². The van der Waals surface area contributed by atoms with E-state index in [1.807, 2.05) is 0 Å². The summed E-state index contributed by atoms with van der Waals surface area (Å²) in [6, 6.07) is 0. The minimum absolute atomic E-state index is 0.160. The van der Waals surface area contributed by atoms with Crippen LogP contribution in [0, 0.1) is 0 Å². The minimum atomic E-state index is -1.38. The van der Waals surface area contributed by atoms with Crippen LogP contribution in [0.1, 0.15) is 28.0 Å². The van der Waals surface area contributed by atoms with Crippen LogP contribution in [0.5, 0.6) is 0 Å². The summed E-state index contributed by atoms with van der Waals surface area (Å²) in [5, 5.41) is 31.2. The lowest BCUT2D eigenvalue weighted by Gasteiger charge is -2.14. The molecule has 0 aliphatic rings. The number of aliphatic hydroxyl groups is 2. The number of nitrogens with zero attached hydrogens (tertiary/aromatic N) is 1. The average Bonchev–Trinajstić information content (AvgIpc) is 2.65. The van der Waals surface area contributed by atoms with E-state index < -0.39 is 18.2 Å². The van der Waals surface area contributed by atoms with Crippen LogP contribution in [-0.2, 0) is 0 Å². The molecule has 0 aliphatic heterocycles. The number of carboxylic acids is 1. The molecule has 15 heavy (non-hydrogen) atoms. The van der Waals surface area contributed by atoms with Gasteiger partial charge in [0.2, 0.25) is 0 Å². The number of carbonyl (C=O) groups excluding carboxylic acids is 1.